The maximum absolute atomic E-state index is 12.3. The number of benzene rings is 1. The molecule has 0 spiro atoms. The molecule has 1 heterocycles. The molecule has 0 unspecified atom stereocenters. The minimum Gasteiger partial charge on any atom is -0.480 e. The van der Waals surface area contributed by atoms with Gasteiger partial charge in [0.1, 0.15) is 0 Å². The van der Waals surface area contributed by atoms with Gasteiger partial charge >= 0.3 is 5.97 Å². The molecule has 3 rings (SSSR count). The Morgan fingerprint density at radius 1 is 1.32 bits per heavy atom. The molecule has 1 amide bonds. The first-order valence-electron chi connectivity index (χ1n) is 8.43. The van der Waals surface area contributed by atoms with E-state index in [0.717, 1.165) is 18.5 Å². The Morgan fingerprint density at radius 3 is 2.68 bits per heavy atom. The SMILES string of the molecule is CCN(CC(=O)O)C1CC(NC(=O)c2cnn(-c3ccccc3)c2)C1. The molecule has 132 valence electrons. The van der Waals surface area contributed by atoms with Crippen LogP contribution < -0.4 is 5.32 Å². The minimum atomic E-state index is -0.817. The number of nitrogens with zero attached hydrogens (tertiary/aromatic N) is 3. The van der Waals surface area contributed by atoms with Gasteiger partial charge in [0.25, 0.3) is 5.91 Å². The van der Waals surface area contributed by atoms with E-state index in [9.17, 15) is 9.59 Å². The first kappa shape index (κ1) is 17.2. The third-order valence-electron chi connectivity index (χ3n) is 4.57. The van der Waals surface area contributed by atoms with Crippen molar-refractivity contribution in [2.45, 2.75) is 31.8 Å². The average molecular weight is 342 g/mol. The summed E-state index contributed by atoms with van der Waals surface area (Å²) >= 11 is 0. The van der Waals surface area contributed by atoms with E-state index in [1.54, 1.807) is 17.1 Å². The van der Waals surface area contributed by atoms with Crippen LogP contribution in [0.4, 0.5) is 0 Å². The van der Waals surface area contributed by atoms with Crippen molar-refractivity contribution in [1.29, 1.82) is 0 Å². The van der Waals surface area contributed by atoms with Crippen molar-refractivity contribution in [2.75, 3.05) is 13.1 Å². The second-order valence-corrected chi connectivity index (χ2v) is 6.26. The highest BCUT2D eigenvalue weighted by Crippen LogP contribution is 2.25. The fourth-order valence-corrected chi connectivity index (χ4v) is 3.11. The van der Waals surface area contributed by atoms with Crippen molar-refractivity contribution in [1.82, 2.24) is 20.0 Å². The Hall–Kier alpha value is -2.67. The molecule has 0 atom stereocenters. The van der Waals surface area contributed by atoms with Gasteiger partial charge in [-0.05, 0) is 31.5 Å². The summed E-state index contributed by atoms with van der Waals surface area (Å²) in [5.41, 5.74) is 1.42. The lowest BCUT2D eigenvalue weighted by Crippen LogP contribution is -2.54. The van der Waals surface area contributed by atoms with E-state index < -0.39 is 5.97 Å². The quantitative estimate of drug-likeness (QED) is 0.797. The standard InChI is InChI=1S/C18H22N4O3/c1-2-21(12-17(23)24)16-8-14(9-16)20-18(25)13-10-19-22(11-13)15-6-4-3-5-7-15/h3-7,10-11,14,16H,2,8-9,12H2,1H3,(H,20,25)(H,23,24). The smallest absolute Gasteiger partial charge is 0.317 e. The summed E-state index contributed by atoms with van der Waals surface area (Å²) < 4.78 is 1.67. The van der Waals surface area contributed by atoms with E-state index in [4.69, 9.17) is 5.11 Å². The number of aliphatic carboxylic acids is 1. The Morgan fingerprint density at radius 2 is 2.04 bits per heavy atom. The van der Waals surface area contributed by atoms with Crippen molar-refractivity contribution >= 4 is 11.9 Å². The number of carboxylic acids is 1. The summed E-state index contributed by atoms with van der Waals surface area (Å²) in [7, 11) is 0. The Labute approximate surface area is 146 Å². The molecule has 1 aromatic heterocycles. The fourth-order valence-electron chi connectivity index (χ4n) is 3.11. The molecule has 1 fully saturated rings. The number of hydrogen-bond acceptors (Lipinski definition) is 4. The van der Waals surface area contributed by atoms with Crippen LogP contribution in [0.3, 0.4) is 0 Å². The molecular formula is C18H22N4O3. The van der Waals surface area contributed by atoms with Crippen molar-refractivity contribution in [2.24, 2.45) is 0 Å². The maximum atomic E-state index is 12.3. The second kappa shape index (κ2) is 7.48. The molecule has 2 aromatic rings. The number of rotatable bonds is 7. The molecule has 0 bridgehead atoms. The highest BCUT2D eigenvalue weighted by Gasteiger charge is 2.34. The van der Waals surface area contributed by atoms with Gasteiger partial charge in [0, 0.05) is 18.3 Å². The highest BCUT2D eigenvalue weighted by atomic mass is 16.4. The number of amides is 1. The van der Waals surface area contributed by atoms with Crippen molar-refractivity contribution < 1.29 is 14.7 Å². The summed E-state index contributed by atoms with van der Waals surface area (Å²) in [4.78, 5) is 25.1. The molecule has 1 aliphatic carbocycles. The Kier molecular flexibility index (Phi) is 5.14. The van der Waals surface area contributed by atoms with Crippen molar-refractivity contribution in [3.8, 4) is 5.69 Å². The van der Waals surface area contributed by atoms with Crippen LogP contribution in [-0.2, 0) is 4.79 Å². The van der Waals surface area contributed by atoms with Crippen LogP contribution in [0, 0.1) is 0 Å². The van der Waals surface area contributed by atoms with Gasteiger partial charge < -0.3 is 10.4 Å². The van der Waals surface area contributed by atoms with Crippen molar-refractivity contribution in [3.05, 3.63) is 48.3 Å². The van der Waals surface area contributed by atoms with E-state index in [2.05, 4.69) is 10.4 Å². The summed E-state index contributed by atoms with van der Waals surface area (Å²) in [6, 6.07) is 9.92. The number of likely N-dealkylation sites (N-methyl/N-ethyl adjacent to an activating group) is 1. The molecular weight excluding hydrogens is 320 g/mol. The molecule has 25 heavy (non-hydrogen) atoms. The summed E-state index contributed by atoms with van der Waals surface area (Å²) in [5.74, 6) is -0.963. The molecule has 2 N–H and O–H groups in total. The number of carboxylic acid groups (broad SMARTS) is 1. The lowest BCUT2D eigenvalue weighted by molar-refractivity contribution is -0.139. The van der Waals surface area contributed by atoms with E-state index in [0.29, 0.717) is 12.1 Å². The van der Waals surface area contributed by atoms with Gasteiger partial charge in [-0.25, -0.2) is 4.68 Å². The number of carbonyl (C=O) groups is 2. The van der Waals surface area contributed by atoms with E-state index in [1.807, 2.05) is 42.2 Å². The number of para-hydroxylation sites is 1. The maximum Gasteiger partial charge on any atom is 0.317 e. The number of nitrogens with one attached hydrogen (secondary N) is 1. The fraction of sp³-hybridized carbons (Fsp3) is 0.389. The normalized spacial score (nSPS) is 19.4. The van der Waals surface area contributed by atoms with Crippen LogP contribution in [0.15, 0.2) is 42.7 Å². The molecule has 0 radical (unpaired) electrons. The minimum absolute atomic E-state index is 0.0473. The molecule has 1 aromatic carbocycles. The number of carbonyl (C=O) groups excluding carboxylic acids is 1. The Bertz CT molecular complexity index is 738. The molecule has 7 heteroatoms. The zero-order chi connectivity index (χ0) is 17.8. The first-order chi connectivity index (χ1) is 12.1. The van der Waals surface area contributed by atoms with E-state index in [-0.39, 0.29) is 24.5 Å². The highest BCUT2D eigenvalue weighted by molar-refractivity contribution is 5.94. The lowest BCUT2D eigenvalue weighted by atomic mass is 9.85. The van der Waals surface area contributed by atoms with Gasteiger partial charge in [-0.15, -0.1) is 0 Å². The zero-order valence-electron chi connectivity index (χ0n) is 14.1. The third-order valence-corrected chi connectivity index (χ3v) is 4.57. The third kappa shape index (κ3) is 4.06. The van der Waals surface area contributed by atoms with Crippen LogP contribution in [0.2, 0.25) is 0 Å². The Balaban J connectivity index is 1.53. The second-order valence-electron chi connectivity index (χ2n) is 6.26. The topological polar surface area (TPSA) is 87.5 Å². The molecule has 0 saturated heterocycles. The van der Waals surface area contributed by atoms with Gasteiger partial charge in [-0.1, -0.05) is 25.1 Å². The van der Waals surface area contributed by atoms with Gasteiger partial charge in [-0.2, -0.15) is 5.10 Å². The van der Waals surface area contributed by atoms with Gasteiger partial charge in [-0.3, -0.25) is 14.5 Å². The lowest BCUT2D eigenvalue weighted by Gasteiger charge is -2.42. The molecule has 7 nitrogen and oxygen atoms in total. The van der Waals surface area contributed by atoms with Crippen LogP contribution in [-0.4, -0.2) is 56.8 Å². The molecule has 0 aliphatic heterocycles. The van der Waals surface area contributed by atoms with Crippen LogP contribution in [0.25, 0.3) is 5.69 Å². The van der Waals surface area contributed by atoms with E-state index >= 15 is 0 Å². The number of aromatic nitrogens is 2. The predicted molar refractivity (Wildman–Crippen MR) is 92.7 cm³/mol. The summed E-state index contributed by atoms with van der Waals surface area (Å²) in [6.07, 6.45) is 4.82. The van der Waals surface area contributed by atoms with Crippen molar-refractivity contribution in [3.63, 3.8) is 0 Å². The number of hydrogen-bond donors (Lipinski definition) is 2. The molecule has 1 saturated carbocycles. The largest absolute Gasteiger partial charge is 0.480 e. The predicted octanol–water partition coefficient (Wildman–Crippen LogP) is 1.54. The summed E-state index contributed by atoms with van der Waals surface area (Å²) in [6.45, 7) is 2.69. The average Bonchev–Trinajstić information content (AvgIpc) is 3.06. The van der Waals surface area contributed by atoms with Gasteiger partial charge in [0.15, 0.2) is 0 Å². The monoisotopic (exact) mass is 342 g/mol. The van der Waals surface area contributed by atoms with Crippen LogP contribution in [0.1, 0.15) is 30.1 Å². The molecule has 1 aliphatic rings. The van der Waals surface area contributed by atoms with Crippen LogP contribution >= 0.6 is 0 Å². The van der Waals surface area contributed by atoms with Gasteiger partial charge in [0.05, 0.1) is 24.0 Å². The van der Waals surface area contributed by atoms with Crippen LogP contribution in [0.5, 0.6) is 0 Å². The summed E-state index contributed by atoms with van der Waals surface area (Å²) in [5, 5.41) is 16.1. The van der Waals surface area contributed by atoms with Gasteiger partial charge in [0.2, 0.25) is 0 Å². The van der Waals surface area contributed by atoms with E-state index in [1.165, 1.54) is 0 Å². The first-order valence-corrected chi connectivity index (χ1v) is 8.43. The zero-order valence-corrected chi connectivity index (χ0v) is 14.1.